The van der Waals surface area contributed by atoms with E-state index >= 15 is 0 Å². The molecule has 0 amide bonds. The third kappa shape index (κ3) is 6.00. The average Bonchev–Trinajstić information content (AvgIpc) is 3.81. The topological polar surface area (TPSA) is 238 Å². The highest BCUT2D eigenvalue weighted by molar-refractivity contribution is 8.45. The van der Waals surface area contributed by atoms with Gasteiger partial charge in [-0.1, -0.05) is 24.4 Å². The lowest BCUT2D eigenvalue weighted by molar-refractivity contribution is -0.0467. The van der Waals surface area contributed by atoms with Crippen LogP contribution in [0.25, 0.3) is 22.3 Å². The molecule has 4 aromatic heterocycles. The fraction of sp³-hybridized carbons (Fsp3) is 0.520. The summed E-state index contributed by atoms with van der Waals surface area (Å²) >= 11 is 9.73. The lowest BCUT2D eigenvalue weighted by atomic mass is 10.1. The number of thiol groups is 1. The Kier molecular flexibility index (Phi) is 8.64. The van der Waals surface area contributed by atoms with E-state index in [2.05, 4.69) is 57.6 Å². The van der Waals surface area contributed by atoms with Gasteiger partial charge in [-0.25, -0.2) is 40.1 Å². The number of allylic oxidation sites excluding steroid dienone is 1. The number of aliphatic hydroxyl groups is 2. The monoisotopic (exact) mass is 739 g/mol. The van der Waals surface area contributed by atoms with Crippen molar-refractivity contribution in [2.24, 2.45) is 0 Å². The van der Waals surface area contributed by atoms with Gasteiger partial charge >= 0.3 is 6.72 Å². The SMILES string of the molecule is O=P1(S)N[C@H]2[C@@H](O)[C@H]3O[C@@H]2COP(O)(=S)N[C@@H]2[C@@H](CO1)OC([C@@H]2O)n1cnc2c(ncnc21)NC/C=C/CCc1ncnc2c1ncn23. The average molecular weight is 740 g/mol. The van der Waals surface area contributed by atoms with Crippen LogP contribution in [0.2, 0.25) is 0 Å². The second-order valence-corrected chi connectivity index (χ2v) is 17.8. The molecule has 5 aliphatic rings. The third-order valence-corrected chi connectivity index (χ3v) is 12.2. The van der Waals surface area contributed by atoms with Crippen LogP contribution in [0.4, 0.5) is 5.82 Å². The number of aliphatic hydroxyl groups excluding tert-OH is 2. The van der Waals surface area contributed by atoms with Gasteiger partial charge in [0.2, 0.25) is 0 Å². The lowest BCUT2D eigenvalue weighted by Crippen LogP contribution is -2.47. The van der Waals surface area contributed by atoms with Crippen molar-refractivity contribution in [3.63, 3.8) is 0 Å². The van der Waals surface area contributed by atoms with Crippen molar-refractivity contribution in [3.8, 4) is 0 Å². The molecular formula is C25H31N11O8P2S2. The van der Waals surface area contributed by atoms with Crippen LogP contribution in [0.3, 0.4) is 0 Å². The summed E-state index contributed by atoms with van der Waals surface area (Å²) in [5, 5.41) is 31.9. The van der Waals surface area contributed by atoms with Gasteiger partial charge in [-0.15, -0.1) is 0 Å². The van der Waals surface area contributed by atoms with Gasteiger partial charge in [0, 0.05) is 6.54 Å². The molecule has 6 N–H and O–H groups in total. The zero-order valence-corrected chi connectivity index (χ0v) is 28.3. The van der Waals surface area contributed by atoms with Crippen LogP contribution in [0.15, 0.2) is 37.5 Å². The van der Waals surface area contributed by atoms with Gasteiger partial charge in [-0.05, 0) is 24.6 Å². The normalized spacial score (nSPS) is 38.2. The molecule has 256 valence electrons. The maximum Gasteiger partial charge on any atom is 0.324 e. The molecule has 5 aliphatic heterocycles. The van der Waals surface area contributed by atoms with E-state index in [4.69, 9.17) is 30.3 Å². The van der Waals surface area contributed by atoms with Crippen LogP contribution in [0.1, 0.15) is 24.6 Å². The van der Waals surface area contributed by atoms with Crippen LogP contribution >= 0.6 is 25.6 Å². The van der Waals surface area contributed by atoms with Crippen molar-refractivity contribution >= 4 is 65.6 Å². The Morgan fingerprint density at radius 3 is 2.21 bits per heavy atom. The standard InChI is InChI=1S/C25H31N11O8P2S2/c37-19-16-13-6-41-46(40,48)34-17-14(7-42-45(39,47)33-16)44-25(20(17)38)36-11-32-18-21(28-9-30-23(18)36)26-5-3-1-2-4-12-15-22(29-8-27-12)35(10-31-15)24(19)43-13/h1,3,8-11,13-14,16-17,19-20,24-25,37-38H,2,4-7H2,(H,26,28,30)(H2,33,39,47)(H2,34,40,48)/b3-1+/t13-,14-,16-,17-,19-,20-,24-,25?,45?,46?/m1/s1. The highest BCUT2D eigenvalue weighted by atomic mass is 32.7. The van der Waals surface area contributed by atoms with Gasteiger partial charge < -0.3 is 38.9 Å². The smallest absolute Gasteiger partial charge is 0.324 e. The van der Waals surface area contributed by atoms with E-state index in [0.29, 0.717) is 53.2 Å². The number of hydrogen-bond donors (Lipinski definition) is 7. The van der Waals surface area contributed by atoms with Crippen molar-refractivity contribution in [2.75, 3.05) is 25.1 Å². The number of nitrogens with one attached hydrogen (secondary N) is 3. The van der Waals surface area contributed by atoms with Gasteiger partial charge in [0.05, 0.1) is 43.6 Å². The van der Waals surface area contributed by atoms with Crippen molar-refractivity contribution in [1.82, 2.24) is 49.2 Å². The number of imidazole rings is 2. The highest BCUT2D eigenvalue weighted by Crippen LogP contribution is 2.52. The number of hydrogen-bond acceptors (Lipinski definition) is 15. The van der Waals surface area contributed by atoms with E-state index in [1.807, 2.05) is 12.2 Å². The molecule has 9 rings (SSSR count). The zero-order chi connectivity index (χ0) is 33.2. The van der Waals surface area contributed by atoms with Crippen LogP contribution in [0.5, 0.6) is 0 Å². The van der Waals surface area contributed by atoms with E-state index in [1.54, 1.807) is 4.57 Å². The molecule has 3 fully saturated rings. The fourth-order valence-electron chi connectivity index (χ4n) is 6.36. The quantitative estimate of drug-likeness (QED) is 0.0730. The number of aromatic nitrogens is 8. The Balaban J connectivity index is 1.21. The summed E-state index contributed by atoms with van der Waals surface area (Å²) in [4.78, 5) is 37.8. The van der Waals surface area contributed by atoms with Gasteiger partial charge in [0.1, 0.15) is 42.6 Å². The van der Waals surface area contributed by atoms with Crippen molar-refractivity contribution in [3.05, 3.63) is 43.2 Å². The largest absolute Gasteiger partial charge is 0.387 e. The summed E-state index contributed by atoms with van der Waals surface area (Å²) < 4.78 is 40.8. The highest BCUT2D eigenvalue weighted by Gasteiger charge is 2.51. The predicted molar refractivity (Wildman–Crippen MR) is 175 cm³/mol. The molecule has 0 aliphatic carbocycles. The summed E-state index contributed by atoms with van der Waals surface area (Å²) in [6, 6.07) is -2.10. The predicted octanol–water partition coefficient (Wildman–Crippen LogP) is 0.315. The van der Waals surface area contributed by atoms with Gasteiger partial charge in [-0.2, -0.15) is 0 Å². The van der Waals surface area contributed by atoms with E-state index < -0.39 is 62.3 Å². The van der Waals surface area contributed by atoms with Crippen molar-refractivity contribution in [1.29, 1.82) is 0 Å². The van der Waals surface area contributed by atoms with Gasteiger partial charge in [0.25, 0.3) is 6.64 Å². The number of aryl methyl sites for hydroxylation is 1. The molecule has 23 heteroatoms. The molecule has 3 saturated heterocycles. The van der Waals surface area contributed by atoms with Crippen LogP contribution in [0, 0.1) is 0 Å². The zero-order valence-electron chi connectivity index (χ0n) is 24.8. The number of rotatable bonds is 0. The van der Waals surface area contributed by atoms with Crippen LogP contribution in [-0.4, -0.2) is 110 Å². The fourth-order valence-corrected chi connectivity index (χ4v) is 9.75. The minimum absolute atomic E-state index is 0.338. The summed E-state index contributed by atoms with van der Waals surface area (Å²) in [5.74, 6) is 0.472. The molecule has 0 radical (unpaired) electrons. The molecule has 3 unspecified atom stereocenters. The minimum atomic E-state index is -3.97. The van der Waals surface area contributed by atoms with Gasteiger partial charge in [0.15, 0.2) is 35.1 Å². The maximum atomic E-state index is 13.7. The van der Waals surface area contributed by atoms with Crippen molar-refractivity contribution < 1.29 is 38.2 Å². The lowest BCUT2D eigenvalue weighted by Gasteiger charge is -2.31. The second-order valence-electron chi connectivity index (χ2n) is 11.6. The van der Waals surface area contributed by atoms with Crippen LogP contribution in [-0.2, 0) is 41.3 Å². The van der Waals surface area contributed by atoms with E-state index in [1.165, 1.54) is 29.9 Å². The Morgan fingerprint density at radius 1 is 0.854 bits per heavy atom. The molecule has 48 heavy (non-hydrogen) atoms. The number of fused-ring (bicyclic) bond motifs is 10. The first-order chi connectivity index (χ1) is 23.1. The number of ether oxygens (including phenoxy) is 2. The van der Waals surface area contributed by atoms with Gasteiger partial charge in [-0.3, -0.25) is 13.7 Å². The Bertz CT molecular complexity index is 1850. The summed E-state index contributed by atoms with van der Waals surface area (Å²) in [6.07, 6.45) is 4.13. The molecule has 19 nitrogen and oxygen atoms in total. The molecule has 10 atom stereocenters. The molecular weight excluding hydrogens is 708 g/mol. The molecule has 0 aromatic carbocycles. The van der Waals surface area contributed by atoms with E-state index in [9.17, 15) is 19.7 Å². The van der Waals surface area contributed by atoms with Crippen LogP contribution < -0.4 is 15.5 Å². The third-order valence-electron chi connectivity index (χ3n) is 8.65. The summed E-state index contributed by atoms with van der Waals surface area (Å²) in [5.41, 5.74) is 2.46. The first-order valence-corrected chi connectivity index (χ1v) is 20.4. The van der Waals surface area contributed by atoms with E-state index in [-0.39, 0.29) is 13.2 Å². The molecule has 14 bridgehead atoms. The summed E-state index contributed by atoms with van der Waals surface area (Å²) in [6.45, 7) is -8.06. The Morgan fingerprint density at radius 2 is 1.48 bits per heavy atom. The minimum Gasteiger partial charge on any atom is -0.387 e. The summed E-state index contributed by atoms with van der Waals surface area (Å²) in [7, 11) is 0. The first kappa shape index (κ1) is 32.7. The van der Waals surface area contributed by atoms with Crippen molar-refractivity contribution in [2.45, 2.75) is 61.8 Å². The first-order valence-electron chi connectivity index (χ1n) is 15.0. The molecule has 0 saturated carbocycles. The Hall–Kier alpha value is -2.49. The molecule has 9 heterocycles. The number of nitrogens with zero attached hydrogens (tertiary/aromatic N) is 8. The molecule has 0 spiro atoms. The second kappa shape index (κ2) is 12.7. The van der Waals surface area contributed by atoms with E-state index in [0.717, 1.165) is 0 Å². The Labute approximate surface area is 282 Å². The maximum absolute atomic E-state index is 13.7. The number of anilines is 1. The molecule has 4 aromatic rings.